The van der Waals surface area contributed by atoms with Crippen molar-refractivity contribution in [3.8, 4) is 0 Å². The van der Waals surface area contributed by atoms with Gasteiger partial charge in [0.2, 0.25) is 0 Å². The van der Waals surface area contributed by atoms with Crippen molar-refractivity contribution in [2.45, 2.75) is 25.8 Å². The maximum absolute atomic E-state index is 11.6. The second kappa shape index (κ2) is 6.26. The Labute approximate surface area is 118 Å². The Morgan fingerprint density at radius 2 is 2.37 bits per heavy atom. The van der Waals surface area contributed by atoms with E-state index in [0.717, 1.165) is 38.2 Å². The summed E-state index contributed by atoms with van der Waals surface area (Å²) in [5.74, 6) is -0.404. The summed E-state index contributed by atoms with van der Waals surface area (Å²) < 4.78 is 0. The van der Waals surface area contributed by atoms with Crippen LogP contribution in [0, 0.1) is 0 Å². The molecule has 1 atom stereocenters. The Kier molecular flexibility index (Phi) is 4.66. The first-order valence-electron chi connectivity index (χ1n) is 6.70. The molecule has 0 aliphatic carbocycles. The van der Waals surface area contributed by atoms with E-state index in [-0.39, 0.29) is 0 Å². The molecule has 2 rings (SSSR count). The van der Waals surface area contributed by atoms with Crippen molar-refractivity contribution in [2.75, 3.05) is 24.5 Å². The molecule has 1 saturated heterocycles. The van der Waals surface area contributed by atoms with Crippen molar-refractivity contribution in [3.63, 3.8) is 0 Å². The molecule has 1 aromatic carbocycles. The third-order valence-electron chi connectivity index (χ3n) is 3.47. The van der Waals surface area contributed by atoms with Gasteiger partial charge in [-0.3, -0.25) is 4.79 Å². The summed E-state index contributed by atoms with van der Waals surface area (Å²) in [6.07, 6.45) is 2.09. The largest absolute Gasteiger partial charge is 0.367 e. The maximum atomic E-state index is 11.6. The molecule has 1 aliphatic heterocycles. The predicted octanol–water partition coefficient (Wildman–Crippen LogP) is 2.02. The van der Waals surface area contributed by atoms with Crippen LogP contribution in [-0.2, 0) is 0 Å². The van der Waals surface area contributed by atoms with E-state index in [1.165, 1.54) is 0 Å². The fraction of sp³-hybridized carbons (Fsp3) is 0.500. The summed E-state index contributed by atoms with van der Waals surface area (Å²) in [4.78, 5) is 13.8. The summed E-state index contributed by atoms with van der Waals surface area (Å²) >= 11 is 6.08. The molecule has 1 heterocycles. The third kappa shape index (κ3) is 3.19. The van der Waals surface area contributed by atoms with Crippen molar-refractivity contribution < 1.29 is 4.79 Å². The number of nitrogens with one attached hydrogen (secondary N) is 1. The van der Waals surface area contributed by atoms with Crippen LogP contribution in [0.3, 0.4) is 0 Å². The fourth-order valence-electron chi connectivity index (χ4n) is 2.60. The summed E-state index contributed by atoms with van der Waals surface area (Å²) in [7, 11) is 0. The highest BCUT2D eigenvalue weighted by atomic mass is 35.5. The molecule has 0 radical (unpaired) electrons. The van der Waals surface area contributed by atoms with Crippen LogP contribution in [0.2, 0.25) is 5.02 Å². The van der Waals surface area contributed by atoms with E-state index in [1.807, 2.05) is 6.07 Å². The van der Waals surface area contributed by atoms with E-state index < -0.39 is 5.91 Å². The molecular weight excluding hydrogens is 262 g/mol. The van der Waals surface area contributed by atoms with Gasteiger partial charge in [-0.05, 0) is 37.6 Å². The summed E-state index contributed by atoms with van der Waals surface area (Å²) in [6, 6.07) is 5.67. The number of nitrogens with two attached hydrogens (primary N) is 1. The second-order valence-corrected chi connectivity index (χ2v) is 5.30. The average molecular weight is 282 g/mol. The van der Waals surface area contributed by atoms with Gasteiger partial charge in [-0.2, -0.15) is 0 Å². The Balaban J connectivity index is 2.39. The van der Waals surface area contributed by atoms with Gasteiger partial charge in [-0.1, -0.05) is 18.5 Å². The standard InChI is InChI=1S/C14H20ClN3O/c1-2-7-18(11-5-6-17-9-11)13-8-10(15)3-4-12(13)14(16)19/h3-4,8,11,17H,2,5-7,9H2,1H3,(H2,16,19). The van der Waals surface area contributed by atoms with Crippen molar-refractivity contribution in [1.82, 2.24) is 5.32 Å². The SMILES string of the molecule is CCCN(c1cc(Cl)ccc1C(N)=O)C1CCNC1. The summed E-state index contributed by atoms with van der Waals surface area (Å²) in [5.41, 5.74) is 6.88. The number of amides is 1. The molecule has 1 amide bonds. The molecular formula is C14H20ClN3O. The molecule has 0 spiro atoms. The van der Waals surface area contributed by atoms with Gasteiger partial charge < -0.3 is 16.0 Å². The van der Waals surface area contributed by atoms with E-state index in [1.54, 1.807) is 12.1 Å². The Morgan fingerprint density at radius 3 is 2.95 bits per heavy atom. The molecule has 0 aromatic heterocycles. The number of nitrogens with zero attached hydrogens (tertiary/aromatic N) is 1. The third-order valence-corrected chi connectivity index (χ3v) is 3.71. The minimum absolute atomic E-state index is 0.400. The quantitative estimate of drug-likeness (QED) is 0.868. The van der Waals surface area contributed by atoms with Crippen LogP contribution >= 0.6 is 11.6 Å². The molecule has 1 unspecified atom stereocenters. The first-order valence-corrected chi connectivity index (χ1v) is 7.08. The van der Waals surface area contributed by atoms with Crippen molar-refractivity contribution in [2.24, 2.45) is 5.73 Å². The lowest BCUT2D eigenvalue weighted by molar-refractivity contribution is 0.100. The highest BCUT2D eigenvalue weighted by Crippen LogP contribution is 2.28. The monoisotopic (exact) mass is 281 g/mol. The number of anilines is 1. The maximum Gasteiger partial charge on any atom is 0.250 e. The second-order valence-electron chi connectivity index (χ2n) is 4.87. The molecule has 4 nitrogen and oxygen atoms in total. The lowest BCUT2D eigenvalue weighted by Gasteiger charge is -2.31. The molecule has 1 aliphatic rings. The van der Waals surface area contributed by atoms with Crippen molar-refractivity contribution in [3.05, 3.63) is 28.8 Å². The predicted molar refractivity (Wildman–Crippen MR) is 78.9 cm³/mol. The van der Waals surface area contributed by atoms with Gasteiger partial charge in [0.25, 0.3) is 5.91 Å². The van der Waals surface area contributed by atoms with E-state index >= 15 is 0 Å². The fourth-order valence-corrected chi connectivity index (χ4v) is 2.76. The minimum Gasteiger partial charge on any atom is -0.367 e. The van der Waals surface area contributed by atoms with E-state index in [2.05, 4.69) is 17.1 Å². The first kappa shape index (κ1) is 14.2. The molecule has 5 heteroatoms. The van der Waals surface area contributed by atoms with Gasteiger partial charge in [-0.15, -0.1) is 0 Å². The minimum atomic E-state index is -0.404. The number of halogens is 1. The van der Waals surface area contributed by atoms with Gasteiger partial charge in [0.1, 0.15) is 0 Å². The van der Waals surface area contributed by atoms with Crippen molar-refractivity contribution >= 4 is 23.2 Å². The zero-order valence-electron chi connectivity index (χ0n) is 11.2. The Bertz CT molecular complexity index is 458. The van der Waals surface area contributed by atoms with Gasteiger partial charge >= 0.3 is 0 Å². The topological polar surface area (TPSA) is 58.4 Å². The molecule has 104 valence electrons. The molecule has 0 bridgehead atoms. The van der Waals surface area contributed by atoms with Crippen LogP contribution in [0.1, 0.15) is 30.1 Å². The summed E-state index contributed by atoms with van der Waals surface area (Å²) in [6.45, 7) is 4.97. The zero-order valence-corrected chi connectivity index (χ0v) is 11.9. The van der Waals surface area contributed by atoms with Crippen LogP contribution in [0.25, 0.3) is 0 Å². The number of hydrogen-bond donors (Lipinski definition) is 2. The molecule has 1 aromatic rings. The van der Waals surface area contributed by atoms with Gasteiger partial charge in [0.05, 0.1) is 11.3 Å². The van der Waals surface area contributed by atoms with Crippen LogP contribution in [0.5, 0.6) is 0 Å². The van der Waals surface area contributed by atoms with E-state index in [9.17, 15) is 4.79 Å². The molecule has 1 fully saturated rings. The van der Waals surface area contributed by atoms with E-state index in [0.29, 0.717) is 16.6 Å². The molecule has 19 heavy (non-hydrogen) atoms. The van der Waals surface area contributed by atoms with Crippen LogP contribution < -0.4 is 16.0 Å². The van der Waals surface area contributed by atoms with Gasteiger partial charge in [-0.25, -0.2) is 0 Å². The molecule has 0 saturated carbocycles. The lowest BCUT2D eigenvalue weighted by Crippen LogP contribution is -2.38. The zero-order chi connectivity index (χ0) is 13.8. The highest BCUT2D eigenvalue weighted by Gasteiger charge is 2.25. The van der Waals surface area contributed by atoms with E-state index in [4.69, 9.17) is 17.3 Å². The number of benzene rings is 1. The number of carbonyl (C=O) groups is 1. The van der Waals surface area contributed by atoms with Crippen molar-refractivity contribution in [1.29, 1.82) is 0 Å². The van der Waals surface area contributed by atoms with Gasteiger partial charge in [0.15, 0.2) is 0 Å². The van der Waals surface area contributed by atoms with Crippen LogP contribution in [0.4, 0.5) is 5.69 Å². The Hall–Kier alpha value is -1.26. The van der Waals surface area contributed by atoms with Crippen LogP contribution in [-0.4, -0.2) is 31.6 Å². The highest BCUT2D eigenvalue weighted by molar-refractivity contribution is 6.31. The number of primary amides is 1. The lowest BCUT2D eigenvalue weighted by atomic mass is 10.1. The summed E-state index contributed by atoms with van der Waals surface area (Å²) in [5, 5.41) is 3.98. The number of rotatable bonds is 5. The Morgan fingerprint density at radius 1 is 1.58 bits per heavy atom. The van der Waals surface area contributed by atoms with Crippen LogP contribution in [0.15, 0.2) is 18.2 Å². The first-order chi connectivity index (χ1) is 9.13. The number of carbonyl (C=O) groups excluding carboxylic acids is 1. The smallest absolute Gasteiger partial charge is 0.250 e. The normalized spacial score (nSPS) is 18.5. The number of hydrogen-bond acceptors (Lipinski definition) is 3. The molecule has 3 N–H and O–H groups in total. The average Bonchev–Trinajstić information content (AvgIpc) is 2.89. The van der Waals surface area contributed by atoms with Gasteiger partial charge in [0, 0.05) is 24.2 Å².